The molecule has 0 aliphatic rings. The summed E-state index contributed by atoms with van der Waals surface area (Å²) in [6.45, 7) is 1.49. The first kappa shape index (κ1) is 16.1. The fraction of sp³-hybridized carbons (Fsp3) is 0.308. The summed E-state index contributed by atoms with van der Waals surface area (Å²) in [5.74, 6) is 0.653. The van der Waals surface area contributed by atoms with Crippen LogP contribution in [-0.4, -0.2) is 10.9 Å². The Bertz CT molecular complexity index is 483. The van der Waals surface area contributed by atoms with Gasteiger partial charge in [0.05, 0.1) is 10.6 Å². The van der Waals surface area contributed by atoms with Crippen molar-refractivity contribution >= 4 is 34.6 Å². The Labute approximate surface area is 118 Å². The number of benzene rings is 1. The zero-order valence-corrected chi connectivity index (χ0v) is 11.7. The van der Waals surface area contributed by atoms with Gasteiger partial charge in [0, 0.05) is 12.7 Å². The third-order valence-corrected chi connectivity index (χ3v) is 3.36. The van der Waals surface area contributed by atoms with Gasteiger partial charge in [0.25, 0.3) is 0 Å². The zero-order valence-electron chi connectivity index (χ0n) is 10.1. The second kappa shape index (κ2) is 7.01. The van der Waals surface area contributed by atoms with Gasteiger partial charge >= 0.3 is 6.18 Å². The Morgan fingerprint density at radius 1 is 1.42 bits per heavy atom. The van der Waals surface area contributed by atoms with Crippen LogP contribution in [0.15, 0.2) is 24.3 Å². The van der Waals surface area contributed by atoms with Crippen LogP contribution >= 0.6 is 23.4 Å². The summed E-state index contributed by atoms with van der Waals surface area (Å²) >= 11 is 6.80. The number of carbonyl (C=O) groups is 1. The molecule has 6 heteroatoms. The molecular formula is C13H12ClF3OS. The molecule has 0 aromatic heterocycles. The minimum Gasteiger partial charge on any atom is -0.288 e. The van der Waals surface area contributed by atoms with Crippen molar-refractivity contribution in [1.82, 2.24) is 0 Å². The number of allylic oxidation sites excluding steroid dienone is 1. The van der Waals surface area contributed by atoms with Crippen molar-refractivity contribution in [2.75, 3.05) is 5.75 Å². The van der Waals surface area contributed by atoms with E-state index in [1.54, 1.807) is 12.2 Å². The van der Waals surface area contributed by atoms with E-state index in [4.69, 9.17) is 11.6 Å². The van der Waals surface area contributed by atoms with Gasteiger partial charge in [-0.15, -0.1) is 0 Å². The average molecular weight is 309 g/mol. The lowest BCUT2D eigenvalue weighted by atomic mass is 10.1. The number of hydrogen-bond acceptors (Lipinski definition) is 2. The minimum atomic E-state index is -4.43. The largest absolute Gasteiger partial charge is 0.417 e. The van der Waals surface area contributed by atoms with Crippen LogP contribution in [0.1, 0.15) is 24.5 Å². The fourth-order valence-corrected chi connectivity index (χ4v) is 2.19. The molecule has 0 fully saturated rings. The highest BCUT2D eigenvalue weighted by Gasteiger charge is 2.32. The van der Waals surface area contributed by atoms with Crippen LogP contribution < -0.4 is 0 Å². The number of rotatable bonds is 4. The Hall–Kier alpha value is -0.940. The maximum atomic E-state index is 12.5. The van der Waals surface area contributed by atoms with Gasteiger partial charge in [-0.3, -0.25) is 4.79 Å². The van der Waals surface area contributed by atoms with Crippen LogP contribution in [0.25, 0.3) is 6.08 Å². The quantitative estimate of drug-likeness (QED) is 0.725. The second-order valence-corrected chi connectivity index (χ2v) is 5.45. The summed E-state index contributed by atoms with van der Waals surface area (Å²) in [5.41, 5.74) is -0.232. The fourth-order valence-electron chi connectivity index (χ4n) is 1.36. The minimum absolute atomic E-state index is 0.0472. The van der Waals surface area contributed by atoms with Crippen molar-refractivity contribution in [3.8, 4) is 0 Å². The van der Waals surface area contributed by atoms with E-state index in [9.17, 15) is 18.0 Å². The number of carbonyl (C=O) groups excluding carboxylic acids is 1. The standard InChI is InChI=1S/C13H12ClF3OS/c1-9(18)19-7-3-2-4-10-5-6-11(12(14)8-10)13(15,16)17/h2,4-6,8H,3,7H2,1H3. The topological polar surface area (TPSA) is 17.1 Å². The van der Waals surface area contributed by atoms with Gasteiger partial charge in [0.15, 0.2) is 5.12 Å². The van der Waals surface area contributed by atoms with E-state index in [0.29, 0.717) is 17.7 Å². The third kappa shape index (κ3) is 5.70. The van der Waals surface area contributed by atoms with Gasteiger partial charge in [-0.25, -0.2) is 0 Å². The van der Waals surface area contributed by atoms with Crippen LogP contribution in [0.3, 0.4) is 0 Å². The molecule has 0 heterocycles. The van der Waals surface area contributed by atoms with Crippen molar-refractivity contribution in [3.05, 3.63) is 40.4 Å². The number of hydrogen-bond donors (Lipinski definition) is 0. The van der Waals surface area contributed by atoms with Crippen molar-refractivity contribution in [3.63, 3.8) is 0 Å². The Morgan fingerprint density at radius 3 is 2.63 bits per heavy atom. The summed E-state index contributed by atoms with van der Waals surface area (Å²) in [4.78, 5) is 10.7. The summed E-state index contributed by atoms with van der Waals surface area (Å²) in [7, 11) is 0. The highest BCUT2D eigenvalue weighted by molar-refractivity contribution is 8.13. The maximum Gasteiger partial charge on any atom is 0.417 e. The molecule has 0 saturated carbocycles. The Kier molecular flexibility index (Phi) is 5.94. The molecule has 0 aliphatic heterocycles. The molecule has 1 nitrogen and oxygen atoms in total. The highest BCUT2D eigenvalue weighted by Crippen LogP contribution is 2.35. The van der Waals surface area contributed by atoms with Gasteiger partial charge < -0.3 is 0 Å². The molecule has 1 aromatic carbocycles. The molecule has 0 amide bonds. The van der Waals surface area contributed by atoms with Crippen LogP contribution in [0, 0.1) is 0 Å². The normalized spacial score (nSPS) is 12.1. The van der Waals surface area contributed by atoms with E-state index < -0.39 is 11.7 Å². The molecule has 104 valence electrons. The van der Waals surface area contributed by atoms with E-state index in [2.05, 4.69) is 0 Å². The summed E-state index contributed by atoms with van der Waals surface area (Å²) in [6.07, 6.45) is -0.276. The first-order chi connectivity index (χ1) is 8.80. The van der Waals surface area contributed by atoms with Crippen molar-refractivity contribution < 1.29 is 18.0 Å². The second-order valence-electron chi connectivity index (χ2n) is 3.77. The average Bonchev–Trinajstić information content (AvgIpc) is 2.26. The van der Waals surface area contributed by atoms with E-state index >= 15 is 0 Å². The van der Waals surface area contributed by atoms with Crippen LogP contribution in [0.4, 0.5) is 13.2 Å². The molecule has 1 rings (SSSR count). The smallest absolute Gasteiger partial charge is 0.288 e. The van der Waals surface area contributed by atoms with Crippen molar-refractivity contribution in [1.29, 1.82) is 0 Å². The number of alkyl halides is 3. The van der Waals surface area contributed by atoms with Gasteiger partial charge in [0.1, 0.15) is 0 Å². The molecule has 0 spiro atoms. The lowest BCUT2D eigenvalue weighted by Gasteiger charge is -2.08. The predicted octanol–water partition coefficient (Wildman–Crippen LogP) is 5.04. The summed E-state index contributed by atoms with van der Waals surface area (Å²) in [5, 5.41) is -0.265. The van der Waals surface area contributed by atoms with Crippen LogP contribution in [0.5, 0.6) is 0 Å². The molecule has 0 saturated heterocycles. The molecule has 0 radical (unpaired) electrons. The zero-order chi connectivity index (χ0) is 14.5. The van der Waals surface area contributed by atoms with E-state index in [0.717, 1.165) is 6.07 Å². The van der Waals surface area contributed by atoms with Gasteiger partial charge in [0.2, 0.25) is 0 Å². The van der Waals surface area contributed by atoms with E-state index in [-0.39, 0.29) is 10.1 Å². The van der Waals surface area contributed by atoms with Gasteiger partial charge in [-0.05, 0) is 24.1 Å². The first-order valence-electron chi connectivity index (χ1n) is 5.47. The summed E-state index contributed by atoms with van der Waals surface area (Å²) in [6, 6.07) is 3.61. The summed E-state index contributed by atoms with van der Waals surface area (Å²) < 4.78 is 37.4. The van der Waals surface area contributed by atoms with Gasteiger partial charge in [-0.2, -0.15) is 13.2 Å². The molecule has 0 bridgehead atoms. The number of halogens is 4. The Morgan fingerprint density at radius 2 is 2.11 bits per heavy atom. The number of thioether (sulfide) groups is 1. The van der Waals surface area contributed by atoms with E-state index in [1.807, 2.05) is 0 Å². The molecule has 0 unspecified atom stereocenters. The molecule has 1 aromatic rings. The Balaban J connectivity index is 2.64. The van der Waals surface area contributed by atoms with Crippen molar-refractivity contribution in [2.45, 2.75) is 19.5 Å². The maximum absolute atomic E-state index is 12.5. The molecule has 0 atom stereocenters. The van der Waals surface area contributed by atoms with Crippen LogP contribution in [-0.2, 0) is 11.0 Å². The van der Waals surface area contributed by atoms with Crippen LogP contribution in [0.2, 0.25) is 5.02 Å². The SMILES string of the molecule is CC(=O)SCCC=Cc1ccc(C(F)(F)F)c(Cl)c1. The first-order valence-corrected chi connectivity index (χ1v) is 6.83. The lowest BCUT2D eigenvalue weighted by Crippen LogP contribution is -2.05. The third-order valence-electron chi connectivity index (χ3n) is 2.20. The monoisotopic (exact) mass is 308 g/mol. The van der Waals surface area contributed by atoms with Gasteiger partial charge in [-0.1, -0.05) is 41.6 Å². The molecular weight excluding hydrogens is 297 g/mol. The molecule has 0 N–H and O–H groups in total. The lowest BCUT2D eigenvalue weighted by molar-refractivity contribution is -0.137. The van der Waals surface area contributed by atoms with E-state index in [1.165, 1.54) is 30.8 Å². The molecule has 0 aliphatic carbocycles. The van der Waals surface area contributed by atoms with Crippen molar-refractivity contribution in [2.24, 2.45) is 0 Å². The predicted molar refractivity (Wildman–Crippen MR) is 73.2 cm³/mol. The highest BCUT2D eigenvalue weighted by atomic mass is 35.5. The molecule has 19 heavy (non-hydrogen) atoms.